The van der Waals surface area contributed by atoms with E-state index in [9.17, 15) is 14.3 Å². The van der Waals surface area contributed by atoms with Gasteiger partial charge in [-0.05, 0) is 35.9 Å². The number of hydrogen-bond donors (Lipinski definition) is 1. The van der Waals surface area contributed by atoms with Crippen molar-refractivity contribution in [3.63, 3.8) is 0 Å². The lowest BCUT2D eigenvalue weighted by Gasteiger charge is -2.09. The maximum absolute atomic E-state index is 11.3. The molecule has 110 valence electrons. The minimum atomic E-state index is -0.977. The van der Waals surface area contributed by atoms with Crippen LogP contribution < -0.4 is 5.32 Å². The molecule has 0 heterocycles. The van der Waals surface area contributed by atoms with E-state index in [4.69, 9.17) is 11.6 Å². The lowest BCUT2D eigenvalue weighted by atomic mass is 10.2. The van der Waals surface area contributed by atoms with Crippen LogP contribution in [0.3, 0.4) is 0 Å². The third-order valence-corrected chi connectivity index (χ3v) is 3.86. The van der Waals surface area contributed by atoms with Crippen molar-refractivity contribution in [3.8, 4) is 0 Å². The summed E-state index contributed by atoms with van der Waals surface area (Å²) in [5, 5.41) is 14.3. The zero-order valence-electron chi connectivity index (χ0n) is 11.2. The first-order valence-corrected chi connectivity index (χ1v) is 8.16. The third kappa shape index (κ3) is 4.27. The number of nitro groups is 1. The van der Waals surface area contributed by atoms with E-state index in [0.717, 1.165) is 16.9 Å². The molecule has 0 saturated heterocycles. The molecule has 21 heavy (non-hydrogen) atoms. The first-order valence-electron chi connectivity index (χ1n) is 6.05. The fraction of sp³-hybridized carbons (Fsp3) is 0.143. The van der Waals surface area contributed by atoms with Crippen molar-refractivity contribution < 1.29 is 9.13 Å². The van der Waals surface area contributed by atoms with Crippen LogP contribution in [0, 0.1) is 10.1 Å². The highest BCUT2D eigenvalue weighted by Crippen LogP contribution is 2.25. The Bertz CT molecular complexity index is 689. The normalized spacial score (nSPS) is 11.9. The average molecular weight is 325 g/mol. The number of benzene rings is 2. The fourth-order valence-corrected chi connectivity index (χ4v) is 2.76. The van der Waals surface area contributed by atoms with Crippen LogP contribution in [0.15, 0.2) is 42.5 Å². The fourth-order valence-electron chi connectivity index (χ4n) is 1.82. The number of halogens is 1. The summed E-state index contributed by atoms with van der Waals surface area (Å²) in [6.45, 7) is 0. The number of rotatable bonds is 5. The summed E-state index contributed by atoms with van der Waals surface area (Å²) in [6, 6.07) is 11.5. The Kier molecular flexibility index (Phi) is 4.93. The van der Waals surface area contributed by atoms with Gasteiger partial charge in [0.15, 0.2) is 0 Å². The van der Waals surface area contributed by atoms with Crippen molar-refractivity contribution in [1.82, 2.24) is 0 Å². The first kappa shape index (κ1) is 15.5. The maximum Gasteiger partial charge on any atom is 0.269 e. The molecule has 1 atom stereocenters. The Morgan fingerprint density at radius 3 is 2.38 bits per heavy atom. The Hall–Kier alpha value is -1.92. The van der Waals surface area contributed by atoms with Gasteiger partial charge in [0, 0.05) is 51.3 Å². The van der Waals surface area contributed by atoms with Gasteiger partial charge >= 0.3 is 0 Å². The lowest BCUT2D eigenvalue weighted by Crippen LogP contribution is -1.96. The molecule has 2 aromatic carbocycles. The van der Waals surface area contributed by atoms with Gasteiger partial charge in [-0.3, -0.25) is 14.3 Å². The highest BCUT2D eigenvalue weighted by atomic mass is 35.5. The number of non-ortho nitro benzene ring substituents is 1. The van der Waals surface area contributed by atoms with Gasteiger partial charge in [0.1, 0.15) is 0 Å². The highest BCUT2D eigenvalue weighted by molar-refractivity contribution is 7.83. The van der Waals surface area contributed by atoms with E-state index in [1.807, 2.05) is 6.07 Å². The van der Waals surface area contributed by atoms with E-state index in [0.29, 0.717) is 10.8 Å². The van der Waals surface area contributed by atoms with Gasteiger partial charge in [-0.1, -0.05) is 11.6 Å². The van der Waals surface area contributed by atoms with Crippen LogP contribution in [-0.2, 0) is 16.6 Å². The number of nitro benzene ring substituents is 1. The maximum atomic E-state index is 11.3. The zero-order valence-corrected chi connectivity index (χ0v) is 12.8. The van der Waals surface area contributed by atoms with Crippen LogP contribution in [0.4, 0.5) is 17.1 Å². The number of nitrogens with one attached hydrogen (secondary N) is 1. The number of nitrogens with zero attached hydrogens (tertiary/aromatic N) is 1. The minimum Gasteiger partial charge on any atom is -0.356 e. The lowest BCUT2D eigenvalue weighted by molar-refractivity contribution is -0.384. The van der Waals surface area contributed by atoms with Crippen LogP contribution in [0.2, 0.25) is 5.02 Å². The molecular formula is C14H13ClN2O3S. The quantitative estimate of drug-likeness (QED) is 0.669. The molecule has 0 spiro atoms. The van der Waals surface area contributed by atoms with E-state index in [1.54, 1.807) is 30.5 Å². The van der Waals surface area contributed by atoms with Crippen molar-refractivity contribution in [2.75, 3.05) is 11.6 Å². The van der Waals surface area contributed by atoms with E-state index < -0.39 is 15.7 Å². The van der Waals surface area contributed by atoms with Gasteiger partial charge in [0.2, 0.25) is 0 Å². The molecule has 0 aliphatic rings. The molecule has 1 N–H and O–H groups in total. The van der Waals surface area contributed by atoms with Gasteiger partial charge < -0.3 is 5.32 Å². The molecule has 2 aromatic rings. The summed E-state index contributed by atoms with van der Waals surface area (Å²) in [4.78, 5) is 10.2. The van der Waals surface area contributed by atoms with Crippen LogP contribution in [-0.4, -0.2) is 15.4 Å². The van der Waals surface area contributed by atoms with Gasteiger partial charge in [0.05, 0.1) is 4.92 Å². The van der Waals surface area contributed by atoms with Gasteiger partial charge in [-0.15, -0.1) is 0 Å². The van der Waals surface area contributed by atoms with Crippen molar-refractivity contribution in [1.29, 1.82) is 0 Å². The second-order valence-corrected chi connectivity index (χ2v) is 6.29. The molecule has 0 aromatic heterocycles. The van der Waals surface area contributed by atoms with Crippen molar-refractivity contribution in [3.05, 3.63) is 63.2 Å². The second kappa shape index (κ2) is 6.69. The molecule has 0 radical (unpaired) electrons. The topological polar surface area (TPSA) is 72.2 Å². The molecule has 2 rings (SSSR count). The standard InChI is InChI=1S/C14H13ClN2O3S/c1-21(20)9-10-8-12(4-7-14(10)15)16-11-2-5-13(6-3-11)17(18)19/h2-8,16H,9H2,1H3. The molecule has 0 aliphatic carbocycles. The van der Waals surface area contributed by atoms with E-state index in [1.165, 1.54) is 12.1 Å². The Labute approximate surface area is 129 Å². The van der Waals surface area contributed by atoms with Crippen LogP contribution in [0.25, 0.3) is 0 Å². The zero-order chi connectivity index (χ0) is 15.4. The van der Waals surface area contributed by atoms with Gasteiger partial charge in [-0.25, -0.2) is 0 Å². The number of hydrogen-bond acceptors (Lipinski definition) is 4. The van der Waals surface area contributed by atoms with Gasteiger partial charge in [0.25, 0.3) is 5.69 Å². The molecule has 0 bridgehead atoms. The summed E-state index contributed by atoms with van der Waals surface area (Å²) in [6.07, 6.45) is 1.62. The Morgan fingerprint density at radius 2 is 1.81 bits per heavy atom. The van der Waals surface area contributed by atoms with Gasteiger partial charge in [-0.2, -0.15) is 0 Å². The molecule has 0 saturated carbocycles. The van der Waals surface area contributed by atoms with Crippen LogP contribution in [0.5, 0.6) is 0 Å². The summed E-state index contributed by atoms with van der Waals surface area (Å²) in [7, 11) is -0.977. The Balaban J connectivity index is 2.19. The summed E-state index contributed by atoms with van der Waals surface area (Å²) >= 11 is 6.06. The average Bonchev–Trinajstić information content (AvgIpc) is 2.42. The van der Waals surface area contributed by atoms with Crippen molar-refractivity contribution >= 4 is 39.5 Å². The largest absolute Gasteiger partial charge is 0.356 e. The predicted octanol–water partition coefficient (Wildman–Crippen LogP) is 3.87. The van der Waals surface area contributed by atoms with Crippen LogP contribution >= 0.6 is 11.6 Å². The molecule has 1 unspecified atom stereocenters. The first-order chi connectivity index (χ1) is 9.95. The minimum absolute atomic E-state index is 0.0405. The molecular weight excluding hydrogens is 312 g/mol. The summed E-state index contributed by atoms with van der Waals surface area (Å²) < 4.78 is 11.3. The monoisotopic (exact) mass is 324 g/mol. The summed E-state index contributed by atoms with van der Waals surface area (Å²) in [5.41, 5.74) is 2.35. The van der Waals surface area contributed by atoms with E-state index >= 15 is 0 Å². The highest BCUT2D eigenvalue weighted by Gasteiger charge is 2.06. The molecule has 0 aliphatic heterocycles. The predicted molar refractivity (Wildman–Crippen MR) is 85.6 cm³/mol. The smallest absolute Gasteiger partial charge is 0.269 e. The third-order valence-electron chi connectivity index (χ3n) is 2.77. The SMILES string of the molecule is CS(=O)Cc1cc(Nc2ccc([N+](=O)[O-])cc2)ccc1Cl. The number of anilines is 2. The van der Waals surface area contributed by atoms with E-state index in [2.05, 4.69) is 5.32 Å². The van der Waals surface area contributed by atoms with Crippen LogP contribution in [0.1, 0.15) is 5.56 Å². The summed E-state index contributed by atoms with van der Waals surface area (Å²) in [5.74, 6) is 0.384. The Morgan fingerprint density at radius 1 is 1.19 bits per heavy atom. The van der Waals surface area contributed by atoms with E-state index in [-0.39, 0.29) is 5.69 Å². The molecule has 7 heteroatoms. The second-order valence-electron chi connectivity index (χ2n) is 4.45. The molecule has 0 fully saturated rings. The van der Waals surface area contributed by atoms with Crippen molar-refractivity contribution in [2.24, 2.45) is 0 Å². The molecule has 5 nitrogen and oxygen atoms in total. The van der Waals surface area contributed by atoms with Crippen molar-refractivity contribution in [2.45, 2.75) is 5.75 Å². The molecule has 0 amide bonds.